The Labute approximate surface area is 85.1 Å². The number of hydrogen-bond acceptors (Lipinski definition) is 1. The van der Waals surface area contributed by atoms with E-state index in [1.54, 1.807) is 0 Å². The highest BCUT2D eigenvalue weighted by Crippen LogP contribution is 2.33. The second kappa shape index (κ2) is 3.96. The zero-order chi connectivity index (χ0) is 10.2. The van der Waals surface area contributed by atoms with Crippen molar-refractivity contribution in [3.63, 3.8) is 0 Å². The first-order valence-electron chi connectivity index (χ1n) is 4.34. The van der Waals surface area contributed by atoms with Crippen molar-refractivity contribution in [2.45, 2.75) is 44.1 Å². The molecular formula is C7H21ClNSi3. The molecule has 2 N–H and O–H groups in total. The van der Waals surface area contributed by atoms with Gasteiger partial charge in [0.05, 0.1) is 0 Å². The van der Waals surface area contributed by atoms with Gasteiger partial charge < -0.3 is 5.40 Å². The van der Waals surface area contributed by atoms with Gasteiger partial charge in [-0.15, -0.1) is 11.1 Å². The monoisotopic (exact) mass is 238 g/mol. The van der Waals surface area contributed by atoms with Crippen LogP contribution in [0.25, 0.3) is 0 Å². The summed E-state index contributed by atoms with van der Waals surface area (Å²) < 4.78 is 0. The molecule has 0 aromatic carbocycles. The fourth-order valence-corrected chi connectivity index (χ4v) is 25.0. The molecular weight excluding hydrogens is 218 g/mol. The van der Waals surface area contributed by atoms with Crippen LogP contribution in [0, 0.1) is 0 Å². The van der Waals surface area contributed by atoms with Gasteiger partial charge >= 0.3 is 0 Å². The summed E-state index contributed by atoms with van der Waals surface area (Å²) in [6.45, 7) is 14.3. The van der Waals surface area contributed by atoms with Crippen molar-refractivity contribution >= 4 is 35.5 Å². The predicted molar refractivity (Wildman–Crippen MR) is 66.2 cm³/mol. The van der Waals surface area contributed by atoms with Gasteiger partial charge in [-0.3, -0.25) is 0 Å². The molecule has 0 fully saturated rings. The second-order valence-corrected chi connectivity index (χ2v) is 20.6. The molecule has 1 nitrogen and oxygen atoms in total. The van der Waals surface area contributed by atoms with Crippen molar-refractivity contribution in [2.75, 3.05) is 0 Å². The van der Waals surface area contributed by atoms with Crippen LogP contribution in [0.4, 0.5) is 0 Å². The predicted octanol–water partition coefficient (Wildman–Crippen LogP) is 2.80. The molecule has 0 bridgehead atoms. The van der Waals surface area contributed by atoms with E-state index in [0.29, 0.717) is 4.79 Å². The molecule has 0 aliphatic heterocycles. The van der Waals surface area contributed by atoms with Gasteiger partial charge in [0.1, 0.15) is 0 Å². The van der Waals surface area contributed by atoms with Crippen LogP contribution in [-0.4, -0.2) is 24.4 Å². The molecule has 0 amide bonds. The van der Waals surface area contributed by atoms with Gasteiger partial charge in [-0.05, 0) is 4.79 Å². The van der Waals surface area contributed by atoms with E-state index in [1.807, 2.05) is 0 Å². The highest BCUT2D eigenvalue weighted by atomic mass is 35.6. The minimum Gasteiger partial charge on any atom is -0.339 e. The van der Waals surface area contributed by atoms with Crippen molar-refractivity contribution in [1.82, 2.24) is 0 Å². The largest absolute Gasteiger partial charge is 0.339 e. The molecule has 1 radical (unpaired) electrons. The van der Waals surface area contributed by atoms with E-state index >= 15 is 0 Å². The average molecular weight is 239 g/mol. The van der Waals surface area contributed by atoms with Crippen molar-refractivity contribution in [3.05, 3.63) is 0 Å². The van der Waals surface area contributed by atoms with Crippen LogP contribution in [0.15, 0.2) is 0 Å². The first-order valence-corrected chi connectivity index (χ1v) is 14.2. The van der Waals surface area contributed by atoms with E-state index in [-0.39, 0.29) is 0 Å². The Morgan fingerprint density at radius 3 is 1.25 bits per heavy atom. The third-order valence-electron chi connectivity index (χ3n) is 2.01. The maximum atomic E-state index is 6.16. The lowest BCUT2D eigenvalue weighted by Crippen LogP contribution is -2.53. The number of rotatable bonds is 3. The van der Waals surface area contributed by atoms with E-state index < -0.39 is 24.4 Å². The Balaban J connectivity index is 4.70. The van der Waals surface area contributed by atoms with Gasteiger partial charge in [-0.2, -0.15) is 0 Å². The first-order chi connectivity index (χ1) is 5.07. The normalized spacial score (nSPS) is 14.5. The fourth-order valence-electron chi connectivity index (χ4n) is 2.13. The Hall–Kier alpha value is 0.901. The number of halogens is 1. The molecule has 0 heterocycles. The van der Waals surface area contributed by atoms with Crippen LogP contribution < -0.4 is 5.40 Å². The second-order valence-electron chi connectivity index (χ2n) is 5.55. The van der Waals surface area contributed by atoms with Crippen LogP contribution in [0.5, 0.6) is 0 Å². The lowest BCUT2D eigenvalue weighted by molar-refractivity contribution is 1.39. The molecule has 0 saturated carbocycles. The van der Waals surface area contributed by atoms with E-state index in [1.165, 1.54) is 0 Å². The van der Waals surface area contributed by atoms with E-state index in [0.717, 1.165) is 0 Å². The van der Waals surface area contributed by atoms with Crippen LogP contribution in [0.1, 0.15) is 0 Å². The van der Waals surface area contributed by atoms with E-state index in [4.69, 9.17) is 16.5 Å². The van der Waals surface area contributed by atoms with Gasteiger partial charge in [0.25, 0.3) is 0 Å². The molecule has 0 rings (SSSR count). The van der Waals surface area contributed by atoms with E-state index in [2.05, 4.69) is 39.3 Å². The minimum absolute atomic E-state index is 0.705. The molecule has 5 heteroatoms. The molecule has 0 atom stereocenters. The summed E-state index contributed by atoms with van der Waals surface area (Å²) in [5, 5.41) is 5.95. The zero-order valence-corrected chi connectivity index (χ0v) is 12.8. The molecule has 0 aliphatic carbocycles. The van der Waals surface area contributed by atoms with Crippen molar-refractivity contribution in [2.24, 2.45) is 5.40 Å². The smallest absolute Gasteiger partial charge is 0.243 e. The molecule has 0 spiro atoms. The van der Waals surface area contributed by atoms with Crippen LogP contribution in [-0.2, 0) is 0 Å². The van der Waals surface area contributed by atoms with Crippen LogP contribution >= 0.6 is 11.1 Å². The highest BCUT2D eigenvalue weighted by molar-refractivity contribution is 7.21. The molecule has 73 valence electrons. The van der Waals surface area contributed by atoms with Crippen LogP contribution in [0.3, 0.4) is 0 Å². The summed E-state index contributed by atoms with van der Waals surface area (Å²) in [7, 11) is -3.36. The zero-order valence-electron chi connectivity index (χ0n) is 9.03. The standard InChI is InChI=1S/C7H21ClNSi3/c1-11(2,3)7(10(8)9)12(4,5)6/h7H,9H2,1-6H3. The fraction of sp³-hybridized carbons (Fsp3) is 1.00. The number of hydrogen-bond donors (Lipinski definition) is 1. The summed E-state index contributed by atoms with van der Waals surface area (Å²) in [6, 6.07) is 0. The lowest BCUT2D eigenvalue weighted by Gasteiger charge is -2.38. The maximum absolute atomic E-state index is 6.16. The Morgan fingerprint density at radius 2 is 1.25 bits per heavy atom. The molecule has 0 aliphatic rings. The van der Waals surface area contributed by atoms with Crippen molar-refractivity contribution < 1.29 is 0 Å². The third-order valence-corrected chi connectivity index (χ3v) is 20.0. The van der Waals surface area contributed by atoms with Gasteiger partial charge in [-0.25, -0.2) is 0 Å². The van der Waals surface area contributed by atoms with Crippen LogP contribution in [0.2, 0.25) is 44.1 Å². The lowest BCUT2D eigenvalue weighted by atomic mass is 11.7. The minimum atomic E-state index is -1.14. The van der Waals surface area contributed by atoms with Gasteiger partial charge in [0.15, 0.2) is 0 Å². The highest BCUT2D eigenvalue weighted by Gasteiger charge is 2.42. The maximum Gasteiger partial charge on any atom is 0.243 e. The summed E-state index contributed by atoms with van der Waals surface area (Å²) in [6.07, 6.45) is 0. The van der Waals surface area contributed by atoms with Gasteiger partial charge in [-0.1, -0.05) is 39.3 Å². The first kappa shape index (κ1) is 12.9. The van der Waals surface area contributed by atoms with E-state index in [9.17, 15) is 0 Å². The Bertz CT molecular complexity index is 134. The average Bonchev–Trinajstić information content (AvgIpc) is 1.49. The third kappa shape index (κ3) is 3.74. The van der Waals surface area contributed by atoms with Crippen molar-refractivity contribution in [3.8, 4) is 0 Å². The topological polar surface area (TPSA) is 26.0 Å². The SMILES string of the molecule is C[Si](C)(C)C([Si](N)Cl)[Si](C)(C)C. The Morgan fingerprint density at radius 1 is 1.00 bits per heavy atom. The molecule has 0 saturated heterocycles. The molecule has 0 unspecified atom stereocenters. The van der Waals surface area contributed by atoms with Gasteiger partial charge in [0.2, 0.25) is 8.27 Å². The molecule has 0 aromatic rings. The van der Waals surface area contributed by atoms with Gasteiger partial charge in [0, 0.05) is 16.1 Å². The van der Waals surface area contributed by atoms with Crippen molar-refractivity contribution in [1.29, 1.82) is 0 Å². The quantitative estimate of drug-likeness (QED) is 0.594. The Kier molecular flexibility index (Phi) is 4.26. The number of nitrogens with two attached hydrogens (primary N) is 1. The summed E-state index contributed by atoms with van der Waals surface area (Å²) in [5.41, 5.74) is 0. The molecule has 0 aromatic heterocycles. The summed E-state index contributed by atoms with van der Waals surface area (Å²) in [4.78, 5) is 0.705. The summed E-state index contributed by atoms with van der Waals surface area (Å²) in [5.74, 6) is 0. The summed E-state index contributed by atoms with van der Waals surface area (Å²) >= 11 is 6.16. The molecule has 12 heavy (non-hydrogen) atoms.